The van der Waals surface area contributed by atoms with Gasteiger partial charge in [0.05, 0.1) is 24.4 Å². The average molecular weight is 430 g/mol. The molecule has 0 saturated carbocycles. The zero-order chi connectivity index (χ0) is 22.9. The van der Waals surface area contributed by atoms with Gasteiger partial charge >= 0.3 is 0 Å². The maximum absolute atomic E-state index is 12.2. The molecule has 0 saturated heterocycles. The Morgan fingerprint density at radius 3 is 2.53 bits per heavy atom. The van der Waals surface area contributed by atoms with Gasteiger partial charge in [-0.05, 0) is 48.6 Å². The van der Waals surface area contributed by atoms with E-state index in [-0.39, 0.29) is 18.2 Å². The Hall–Kier alpha value is -3.73. The summed E-state index contributed by atoms with van der Waals surface area (Å²) in [6.45, 7) is 2.49. The molecule has 0 bridgehead atoms. The normalized spacial score (nSPS) is 11.3. The van der Waals surface area contributed by atoms with Crippen molar-refractivity contribution in [3.63, 3.8) is 0 Å². The number of nitriles is 1. The van der Waals surface area contributed by atoms with E-state index in [1.807, 2.05) is 73.6 Å². The van der Waals surface area contributed by atoms with Gasteiger partial charge in [-0.2, -0.15) is 10.4 Å². The van der Waals surface area contributed by atoms with E-state index < -0.39 is 0 Å². The maximum atomic E-state index is 12.2. The Morgan fingerprint density at radius 1 is 1.06 bits per heavy atom. The van der Waals surface area contributed by atoms with Crippen molar-refractivity contribution in [3.05, 3.63) is 77.4 Å². The van der Waals surface area contributed by atoms with Crippen LogP contribution < -0.4 is 5.43 Å². The van der Waals surface area contributed by atoms with Crippen LogP contribution >= 0.6 is 0 Å². The number of aromatic hydroxyl groups is 1. The highest BCUT2D eigenvalue weighted by atomic mass is 16.3. The zero-order valence-corrected chi connectivity index (χ0v) is 18.3. The molecule has 2 N–H and O–H groups in total. The first kappa shape index (κ1) is 22.9. The highest BCUT2D eigenvalue weighted by Gasteiger charge is 2.08. The highest BCUT2D eigenvalue weighted by Crippen LogP contribution is 2.25. The molecule has 3 rings (SSSR count). The molecule has 3 aromatic carbocycles. The molecular weight excluding hydrogens is 402 g/mol. The van der Waals surface area contributed by atoms with Crippen LogP contribution in [0.4, 0.5) is 0 Å². The lowest BCUT2D eigenvalue weighted by Gasteiger charge is -2.21. The number of nitrogens with one attached hydrogen (secondary N) is 1. The highest BCUT2D eigenvalue weighted by molar-refractivity contribution is 6.02. The van der Waals surface area contributed by atoms with Gasteiger partial charge in [-0.25, -0.2) is 5.43 Å². The predicted molar refractivity (Wildman–Crippen MR) is 126 cm³/mol. The molecule has 0 aliphatic heterocycles. The number of hydrogen-bond donors (Lipinski definition) is 2. The molecule has 32 heavy (non-hydrogen) atoms. The van der Waals surface area contributed by atoms with Crippen molar-refractivity contribution in [1.29, 1.82) is 5.26 Å². The maximum Gasteiger partial charge on any atom is 0.254 e. The fourth-order valence-electron chi connectivity index (χ4n) is 3.36. The van der Waals surface area contributed by atoms with E-state index in [1.54, 1.807) is 6.07 Å². The van der Waals surface area contributed by atoms with Crippen molar-refractivity contribution in [2.75, 3.05) is 33.7 Å². The van der Waals surface area contributed by atoms with Crippen molar-refractivity contribution in [2.45, 2.75) is 6.54 Å². The molecule has 0 aliphatic carbocycles. The summed E-state index contributed by atoms with van der Waals surface area (Å²) in [7, 11) is 3.91. The van der Waals surface area contributed by atoms with Gasteiger partial charge in [0.15, 0.2) is 0 Å². The molecule has 0 fully saturated rings. The largest absolute Gasteiger partial charge is 0.507 e. The van der Waals surface area contributed by atoms with Crippen molar-refractivity contribution >= 4 is 22.9 Å². The zero-order valence-electron chi connectivity index (χ0n) is 18.3. The fraction of sp³-hybridized carbons (Fsp3) is 0.240. The van der Waals surface area contributed by atoms with Crippen molar-refractivity contribution < 1.29 is 9.90 Å². The Kier molecular flexibility index (Phi) is 7.92. The number of carbonyl (C=O) groups is 1. The molecule has 0 atom stereocenters. The van der Waals surface area contributed by atoms with Gasteiger partial charge in [0.1, 0.15) is 5.75 Å². The van der Waals surface area contributed by atoms with Crippen molar-refractivity contribution in [1.82, 2.24) is 15.2 Å². The number of hydrogen-bond acceptors (Lipinski definition) is 6. The summed E-state index contributed by atoms with van der Waals surface area (Å²) in [4.78, 5) is 16.3. The molecule has 7 nitrogen and oxygen atoms in total. The minimum Gasteiger partial charge on any atom is -0.507 e. The number of hydrazone groups is 1. The first-order chi connectivity index (χ1) is 15.5. The van der Waals surface area contributed by atoms with Crippen LogP contribution in [0.15, 0.2) is 65.8 Å². The number of fused-ring (bicyclic) bond motifs is 1. The molecule has 0 spiro atoms. The van der Waals surface area contributed by atoms with E-state index in [0.29, 0.717) is 17.7 Å². The lowest BCUT2D eigenvalue weighted by atomic mass is 10.0. The second-order valence-corrected chi connectivity index (χ2v) is 7.80. The van der Waals surface area contributed by atoms with Gasteiger partial charge in [-0.1, -0.05) is 42.5 Å². The molecule has 7 heteroatoms. The van der Waals surface area contributed by atoms with Crippen LogP contribution in [0.2, 0.25) is 0 Å². The van der Waals surface area contributed by atoms with Crippen LogP contribution in [0.1, 0.15) is 16.7 Å². The van der Waals surface area contributed by atoms with Gasteiger partial charge in [-0.3, -0.25) is 9.69 Å². The lowest BCUT2D eigenvalue weighted by molar-refractivity contribution is -0.121. The van der Waals surface area contributed by atoms with Crippen LogP contribution in [0.25, 0.3) is 10.8 Å². The van der Waals surface area contributed by atoms with E-state index in [1.165, 1.54) is 6.21 Å². The van der Waals surface area contributed by atoms with Gasteiger partial charge in [0, 0.05) is 25.2 Å². The molecule has 164 valence electrons. The molecular formula is C25H27N5O2. The number of likely N-dealkylation sites (N-methyl/N-ethyl adjacent to an activating group) is 2. The summed E-state index contributed by atoms with van der Waals surface area (Å²) >= 11 is 0. The van der Waals surface area contributed by atoms with Gasteiger partial charge < -0.3 is 10.0 Å². The molecule has 3 aromatic rings. The minimum atomic E-state index is -0.224. The first-order valence-electron chi connectivity index (χ1n) is 10.3. The van der Waals surface area contributed by atoms with Crippen LogP contribution in [0, 0.1) is 11.3 Å². The first-order valence-corrected chi connectivity index (χ1v) is 10.3. The van der Waals surface area contributed by atoms with E-state index in [0.717, 1.165) is 29.4 Å². The summed E-state index contributed by atoms with van der Waals surface area (Å²) in [5.41, 5.74) is 4.89. The van der Waals surface area contributed by atoms with Crippen LogP contribution in [-0.2, 0) is 11.3 Å². The second-order valence-electron chi connectivity index (χ2n) is 7.80. The number of benzene rings is 3. The monoisotopic (exact) mass is 429 g/mol. The fourth-order valence-corrected chi connectivity index (χ4v) is 3.36. The third-order valence-electron chi connectivity index (χ3n) is 5.14. The summed E-state index contributed by atoms with van der Waals surface area (Å²) in [6, 6.07) is 20.8. The van der Waals surface area contributed by atoms with Crippen molar-refractivity contribution in [2.24, 2.45) is 5.10 Å². The standard InChI is InChI=1S/C25H27N5O2/c1-29(17-20-9-7-19(15-26)8-10-20)13-14-30(2)18-25(32)28-27-16-23-22-6-4-3-5-21(22)11-12-24(23)31/h3-12,16,31H,13-14,17-18H2,1-2H3,(H,28,32)/b27-16+. The second kappa shape index (κ2) is 11.0. The van der Waals surface area contributed by atoms with E-state index in [9.17, 15) is 9.90 Å². The molecule has 0 aliphatic rings. The molecule has 0 radical (unpaired) electrons. The lowest BCUT2D eigenvalue weighted by Crippen LogP contribution is -2.37. The Balaban J connectivity index is 1.45. The average Bonchev–Trinajstić information content (AvgIpc) is 2.79. The Bertz CT molecular complexity index is 1140. The van der Waals surface area contributed by atoms with Crippen LogP contribution in [0.5, 0.6) is 5.75 Å². The number of amides is 1. The molecule has 0 heterocycles. The quantitative estimate of drug-likeness (QED) is 0.403. The number of nitrogens with zero attached hydrogens (tertiary/aromatic N) is 4. The Labute approximate surface area is 188 Å². The van der Waals surface area contributed by atoms with E-state index in [4.69, 9.17) is 5.26 Å². The third kappa shape index (κ3) is 6.38. The summed E-state index contributed by atoms with van der Waals surface area (Å²) in [5.74, 6) is -0.109. The predicted octanol–water partition coefficient (Wildman–Crippen LogP) is 2.93. The third-order valence-corrected chi connectivity index (χ3v) is 5.14. The topological polar surface area (TPSA) is 92.0 Å². The molecule has 0 unspecified atom stereocenters. The minimum absolute atomic E-state index is 0.115. The molecule has 1 amide bonds. The SMILES string of the molecule is CN(CCN(C)Cc1ccc(C#N)cc1)CC(=O)N/N=C/c1c(O)ccc2ccccc12. The summed E-state index contributed by atoms with van der Waals surface area (Å²) in [6.07, 6.45) is 1.47. The van der Waals surface area contributed by atoms with E-state index >= 15 is 0 Å². The van der Waals surface area contributed by atoms with Crippen molar-refractivity contribution in [3.8, 4) is 11.8 Å². The van der Waals surface area contributed by atoms with Gasteiger partial charge in [0.2, 0.25) is 0 Å². The number of phenols is 1. The summed E-state index contributed by atoms with van der Waals surface area (Å²) < 4.78 is 0. The van der Waals surface area contributed by atoms with Gasteiger partial charge in [-0.15, -0.1) is 0 Å². The molecule has 0 aromatic heterocycles. The number of phenolic OH excluding ortho intramolecular Hbond substituents is 1. The van der Waals surface area contributed by atoms with Crippen LogP contribution in [0.3, 0.4) is 0 Å². The van der Waals surface area contributed by atoms with E-state index in [2.05, 4.69) is 21.5 Å². The number of carbonyl (C=O) groups excluding carboxylic acids is 1. The number of rotatable bonds is 9. The van der Waals surface area contributed by atoms with Gasteiger partial charge in [0.25, 0.3) is 5.91 Å². The Morgan fingerprint density at radius 2 is 1.78 bits per heavy atom. The summed E-state index contributed by atoms with van der Waals surface area (Å²) in [5, 5.41) is 24.9. The van der Waals surface area contributed by atoms with Crippen LogP contribution in [-0.4, -0.2) is 60.8 Å². The smallest absolute Gasteiger partial charge is 0.254 e.